The summed E-state index contributed by atoms with van der Waals surface area (Å²) in [6, 6.07) is 5.10. The van der Waals surface area contributed by atoms with Crippen LogP contribution in [0.1, 0.15) is 22.7 Å². The van der Waals surface area contributed by atoms with Crippen LogP contribution in [-0.4, -0.2) is 9.78 Å². The summed E-state index contributed by atoms with van der Waals surface area (Å²) < 4.78 is 34.1. The van der Waals surface area contributed by atoms with Gasteiger partial charge in [0.25, 0.3) is 0 Å². The summed E-state index contributed by atoms with van der Waals surface area (Å²) >= 11 is 0. The molecule has 1 aromatic heterocycles. The smallest absolute Gasteiger partial charge is 0.224 e. The van der Waals surface area contributed by atoms with Crippen molar-refractivity contribution in [3.05, 3.63) is 58.1 Å². The molecule has 0 amide bonds. The van der Waals surface area contributed by atoms with Crippen LogP contribution < -0.4 is 10.5 Å². The van der Waals surface area contributed by atoms with Gasteiger partial charge in [-0.1, -0.05) is 0 Å². The second-order valence-electron chi connectivity index (χ2n) is 5.06. The third-order valence-electron chi connectivity index (χ3n) is 3.60. The van der Waals surface area contributed by atoms with E-state index in [1.54, 1.807) is 14.0 Å². The Balaban J connectivity index is 2.30. The number of hydrogen-bond acceptors (Lipinski definition) is 4. The number of ether oxygens (including phenoxy) is 1. The van der Waals surface area contributed by atoms with Gasteiger partial charge in [0.05, 0.1) is 17.2 Å². The summed E-state index contributed by atoms with van der Waals surface area (Å²) in [6.45, 7) is 1.74. The average Bonchev–Trinajstić information content (AvgIpc) is 2.71. The lowest BCUT2D eigenvalue weighted by Crippen LogP contribution is -2.22. The maximum Gasteiger partial charge on any atom is 0.224 e. The molecular formula is C15H12F2N4O. The molecule has 112 valence electrons. The maximum absolute atomic E-state index is 13.6. The van der Waals surface area contributed by atoms with Gasteiger partial charge in [0.2, 0.25) is 11.8 Å². The van der Waals surface area contributed by atoms with Crippen molar-refractivity contribution in [3.63, 3.8) is 0 Å². The second-order valence-corrected chi connectivity index (χ2v) is 5.06. The number of nitriles is 1. The molecular weight excluding hydrogens is 290 g/mol. The fraction of sp³-hybridized carbons (Fsp3) is 0.200. The van der Waals surface area contributed by atoms with Crippen molar-refractivity contribution in [3.8, 4) is 11.9 Å². The van der Waals surface area contributed by atoms with Gasteiger partial charge < -0.3 is 10.5 Å². The fourth-order valence-corrected chi connectivity index (χ4v) is 2.75. The number of rotatable bonds is 1. The molecule has 1 unspecified atom stereocenters. The van der Waals surface area contributed by atoms with E-state index in [2.05, 4.69) is 5.10 Å². The van der Waals surface area contributed by atoms with Gasteiger partial charge in [-0.2, -0.15) is 10.4 Å². The molecule has 0 saturated heterocycles. The number of benzene rings is 1. The quantitative estimate of drug-likeness (QED) is 0.876. The first-order chi connectivity index (χ1) is 10.4. The molecule has 22 heavy (non-hydrogen) atoms. The predicted octanol–water partition coefficient (Wildman–Crippen LogP) is 2.22. The van der Waals surface area contributed by atoms with E-state index in [9.17, 15) is 14.0 Å². The molecule has 0 spiro atoms. The van der Waals surface area contributed by atoms with E-state index in [1.807, 2.05) is 6.07 Å². The van der Waals surface area contributed by atoms with E-state index in [0.29, 0.717) is 17.1 Å². The van der Waals surface area contributed by atoms with Crippen LogP contribution in [-0.2, 0) is 7.05 Å². The zero-order valence-electron chi connectivity index (χ0n) is 11.9. The molecule has 1 atom stereocenters. The van der Waals surface area contributed by atoms with Gasteiger partial charge in [-0.15, -0.1) is 0 Å². The number of allylic oxidation sites excluding steroid dienone is 1. The van der Waals surface area contributed by atoms with Crippen molar-refractivity contribution < 1.29 is 13.5 Å². The lowest BCUT2D eigenvalue weighted by molar-refractivity contribution is 0.358. The zero-order chi connectivity index (χ0) is 16.0. The van der Waals surface area contributed by atoms with E-state index < -0.39 is 17.6 Å². The van der Waals surface area contributed by atoms with Crippen LogP contribution in [0.25, 0.3) is 0 Å². The van der Waals surface area contributed by atoms with Crippen LogP contribution >= 0.6 is 0 Å². The monoisotopic (exact) mass is 302 g/mol. The van der Waals surface area contributed by atoms with Gasteiger partial charge in [0.1, 0.15) is 23.3 Å². The molecule has 5 nitrogen and oxygen atoms in total. The molecule has 0 bridgehead atoms. The van der Waals surface area contributed by atoms with Gasteiger partial charge in [-0.25, -0.2) is 13.5 Å². The molecule has 1 aliphatic heterocycles. The topological polar surface area (TPSA) is 76.9 Å². The molecule has 0 fully saturated rings. The highest BCUT2D eigenvalue weighted by atomic mass is 19.1. The average molecular weight is 302 g/mol. The summed E-state index contributed by atoms with van der Waals surface area (Å²) in [5.74, 6) is -1.88. The normalized spacial score (nSPS) is 17.0. The van der Waals surface area contributed by atoms with Gasteiger partial charge in [0, 0.05) is 13.1 Å². The molecule has 1 aromatic carbocycles. The number of fused-ring (bicyclic) bond motifs is 1. The lowest BCUT2D eigenvalue weighted by atomic mass is 9.84. The van der Waals surface area contributed by atoms with Gasteiger partial charge in [-0.05, 0) is 24.6 Å². The molecule has 2 N–H and O–H groups in total. The summed E-state index contributed by atoms with van der Waals surface area (Å²) in [4.78, 5) is 0. The molecule has 0 saturated carbocycles. The maximum atomic E-state index is 13.6. The Labute approximate surface area is 125 Å². The zero-order valence-corrected chi connectivity index (χ0v) is 11.9. The molecule has 0 aliphatic carbocycles. The van der Waals surface area contributed by atoms with Gasteiger partial charge in [0.15, 0.2) is 0 Å². The van der Waals surface area contributed by atoms with Gasteiger partial charge >= 0.3 is 0 Å². The van der Waals surface area contributed by atoms with Crippen LogP contribution in [0.4, 0.5) is 8.78 Å². The number of aryl methyl sites for hydroxylation is 2. The largest absolute Gasteiger partial charge is 0.422 e. The highest BCUT2D eigenvalue weighted by Crippen LogP contribution is 2.43. The molecule has 0 radical (unpaired) electrons. The van der Waals surface area contributed by atoms with Crippen LogP contribution in [0, 0.1) is 29.9 Å². The Bertz CT molecular complexity index is 828. The van der Waals surface area contributed by atoms with Crippen molar-refractivity contribution in [2.75, 3.05) is 0 Å². The lowest BCUT2D eigenvalue weighted by Gasteiger charge is -2.24. The van der Waals surface area contributed by atoms with Gasteiger partial charge in [-0.3, -0.25) is 0 Å². The SMILES string of the molecule is Cc1nn(C)c2c1C(c1cc(F)cc(F)c1)C(C#N)=C(N)O2. The first kappa shape index (κ1) is 14.1. The number of hydrogen-bond donors (Lipinski definition) is 1. The number of aromatic nitrogens is 2. The summed E-state index contributed by atoms with van der Waals surface area (Å²) in [6.07, 6.45) is 0. The number of nitrogens with two attached hydrogens (primary N) is 1. The minimum atomic E-state index is -0.722. The van der Waals surface area contributed by atoms with Crippen molar-refractivity contribution in [1.29, 1.82) is 5.26 Å². The Kier molecular flexibility index (Phi) is 3.10. The Morgan fingerprint density at radius 1 is 1.32 bits per heavy atom. The first-order valence-corrected chi connectivity index (χ1v) is 6.49. The molecule has 3 rings (SSSR count). The van der Waals surface area contributed by atoms with Crippen molar-refractivity contribution in [2.24, 2.45) is 12.8 Å². The summed E-state index contributed by atoms with van der Waals surface area (Å²) in [7, 11) is 1.67. The van der Waals surface area contributed by atoms with E-state index in [1.165, 1.54) is 16.8 Å². The van der Waals surface area contributed by atoms with Crippen molar-refractivity contribution in [1.82, 2.24) is 9.78 Å². The summed E-state index contributed by atoms with van der Waals surface area (Å²) in [5, 5.41) is 13.6. The van der Waals surface area contributed by atoms with E-state index in [4.69, 9.17) is 10.5 Å². The Morgan fingerprint density at radius 3 is 2.55 bits per heavy atom. The minimum Gasteiger partial charge on any atom is -0.422 e. The molecule has 1 aliphatic rings. The number of nitrogens with zero attached hydrogens (tertiary/aromatic N) is 3. The van der Waals surface area contributed by atoms with Crippen LogP contribution in [0.2, 0.25) is 0 Å². The molecule has 2 heterocycles. The van der Waals surface area contributed by atoms with Crippen LogP contribution in [0.3, 0.4) is 0 Å². The molecule has 7 heteroatoms. The third kappa shape index (κ3) is 2.00. The first-order valence-electron chi connectivity index (χ1n) is 6.49. The highest BCUT2D eigenvalue weighted by molar-refractivity contribution is 5.55. The van der Waals surface area contributed by atoms with Crippen LogP contribution in [0.15, 0.2) is 29.7 Å². The second kappa shape index (κ2) is 4.84. The van der Waals surface area contributed by atoms with Crippen molar-refractivity contribution in [2.45, 2.75) is 12.8 Å². The van der Waals surface area contributed by atoms with Crippen LogP contribution in [0.5, 0.6) is 5.88 Å². The standard InChI is InChI=1S/C15H12F2N4O/c1-7-12-13(8-3-9(16)5-10(17)4-8)11(6-18)14(19)22-15(12)21(2)20-7/h3-5,13H,19H2,1-2H3. The summed E-state index contributed by atoms with van der Waals surface area (Å²) in [5.41, 5.74) is 7.37. The van der Waals surface area contributed by atoms with E-state index in [0.717, 1.165) is 6.07 Å². The predicted molar refractivity (Wildman–Crippen MR) is 73.6 cm³/mol. The minimum absolute atomic E-state index is 0.0901. The number of halogens is 2. The highest BCUT2D eigenvalue weighted by Gasteiger charge is 2.35. The fourth-order valence-electron chi connectivity index (χ4n) is 2.75. The Hall–Kier alpha value is -2.88. The molecule has 2 aromatic rings. The van der Waals surface area contributed by atoms with E-state index >= 15 is 0 Å². The third-order valence-corrected chi connectivity index (χ3v) is 3.60. The van der Waals surface area contributed by atoms with Crippen molar-refractivity contribution >= 4 is 0 Å². The Morgan fingerprint density at radius 2 is 1.95 bits per heavy atom. The van der Waals surface area contributed by atoms with E-state index in [-0.39, 0.29) is 17.0 Å².